The van der Waals surface area contributed by atoms with Crippen LogP contribution in [-0.2, 0) is 0 Å². The number of carbonyl (C=O) groups excluding carboxylic acids is 1. The second-order valence-corrected chi connectivity index (χ2v) is 8.28. The van der Waals surface area contributed by atoms with Gasteiger partial charge in [-0.25, -0.2) is 0 Å². The van der Waals surface area contributed by atoms with E-state index in [1.54, 1.807) is 48.5 Å². The molecular formula is C23H15Cl2NO3S. The average Bonchev–Trinajstić information content (AvgIpc) is 2.76. The molecule has 0 saturated heterocycles. The van der Waals surface area contributed by atoms with Crippen LogP contribution in [0.5, 0.6) is 5.75 Å². The number of fused-ring (bicyclic) bond motifs is 1. The molecular weight excluding hydrogens is 441 g/mol. The summed E-state index contributed by atoms with van der Waals surface area (Å²) in [6.07, 6.45) is 0. The van der Waals surface area contributed by atoms with E-state index in [-0.39, 0.29) is 11.3 Å². The Morgan fingerprint density at radius 3 is 2.47 bits per heavy atom. The van der Waals surface area contributed by atoms with Crippen molar-refractivity contribution >= 4 is 55.5 Å². The number of benzene rings is 3. The van der Waals surface area contributed by atoms with Crippen molar-refractivity contribution in [2.75, 3.05) is 12.4 Å². The molecule has 4 rings (SSSR count). The molecule has 4 aromatic rings. The van der Waals surface area contributed by atoms with Crippen LogP contribution in [0, 0.1) is 0 Å². The summed E-state index contributed by atoms with van der Waals surface area (Å²) >= 11 is 13.6. The van der Waals surface area contributed by atoms with Crippen molar-refractivity contribution in [3.8, 4) is 16.9 Å². The normalized spacial score (nSPS) is 10.8. The number of anilines is 1. The van der Waals surface area contributed by atoms with Crippen LogP contribution in [0.25, 0.3) is 21.2 Å². The molecule has 0 saturated carbocycles. The molecule has 1 aromatic heterocycles. The molecule has 0 aliphatic rings. The smallest absolute Gasteiger partial charge is 0.260 e. The van der Waals surface area contributed by atoms with Crippen LogP contribution >= 0.6 is 34.5 Å². The Hall–Kier alpha value is -2.86. The molecule has 0 unspecified atom stereocenters. The van der Waals surface area contributed by atoms with Crippen molar-refractivity contribution in [2.45, 2.75) is 0 Å². The Morgan fingerprint density at radius 1 is 0.967 bits per heavy atom. The van der Waals surface area contributed by atoms with Gasteiger partial charge in [-0.1, -0.05) is 53.5 Å². The van der Waals surface area contributed by atoms with E-state index in [0.717, 1.165) is 4.70 Å². The quantitative estimate of drug-likeness (QED) is 0.382. The minimum Gasteiger partial charge on any atom is -0.496 e. The third kappa shape index (κ3) is 3.79. The molecule has 30 heavy (non-hydrogen) atoms. The van der Waals surface area contributed by atoms with E-state index in [4.69, 9.17) is 27.9 Å². The fraction of sp³-hybridized carbons (Fsp3) is 0.0435. The number of para-hydroxylation sites is 1. The number of hydrogen-bond donors (Lipinski definition) is 1. The highest BCUT2D eigenvalue weighted by Crippen LogP contribution is 2.36. The van der Waals surface area contributed by atoms with Crippen molar-refractivity contribution in [3.05, 3.63) is 92.6 Å². The number of methoxy groups -OCH3 is 1. The predicted octanol–water partition coefficient (Wildman–Crippen LogP) is 6.50. The van der Waals surface area contributed by atoms with Crippen LogP contribution < -0.4 is 15.5 Å². The molecule has 1 N–H and O–H groups in total. The third-order valence-corrected chi connectivity index (χ3v) is 6.41. The molecule has 150 valence electrons. The highest BCUT2D eigenvalue weighted by atomic mass is 35.5. The summed E-state index contributed by atoms with van der Waals surface area (Å²) in [6.45, 7) is 0. The standard InChI is InChI=1S/C23H15Cl2NO3S/c1-29-18-8-4-2-6-14(18)22(28)26-23-20(13-10-11-16(24)17(25)12-13)21(27)15-7-3-5-9-19(15)30-23/h2-12H,1H3,(H,26,28). The summed E-state index contributed by atoms with van der Waals surface area (Å²) in [6, 6.07) is 19.1. The maximum Gasteiger partial charge on any atom is 0.260 e. The van der Waals surface area contributed by atoms with Gasteiger partial charge in [-0.05, 0) is 42.0 Å². The maximum atomic E-state index is 13.3. The Labute approximate surface area is 186 Å². The lowest BCUT2D eigenvalue weighted by atomic mass is 10.1. The first-order chi connectivity index (χ1) is 14.5. The monoisotopic (exact) mass is 455 g/mol. The van der Waals surface area contributed by atoms with E-state index >= 15 is 0 Å². The van der Waals surface area contributed by atoms with E-state index in [0.29, 0.717) is 42.9 Å². The SMILES string of the molecule is COc1ccccc1C(=O)Nc1sc2ccccc2c(=O)c1-c1ccc(Cl)c(Cl)c1. The lowest BCUT2D eigenvalue weighted by Crippen LogP contribution is -2.16. The first kappa shape index (κ1) is 20.4. The second kappa shape index (κ2) is 8.48. The first-order valence-electron chi connectivity index (χ1n) is 8.95. The zero-order chi connectivity index (χ0) is 21.3. The summed E-state index contributed by atoms with van der Waals surface area (Å²) in [5, 5.41) is 4.60. The Morgan fingerprint density at radius 2 is 1.70 bits per heavy atom. The van der Waals surface area contributed by atoms with Crippen LogP contribution in [-0.4, -0.2) is 13.0 Å². The van der Waals surface area contributed by atoms with E-state index in [1.807, 2.05) is 18.2 Å². The van der Waals surface area contributed by atoms with Crippen molar-refractivity contribution in [1.82, 2.24) is 0 Å². The number of ether oxygens (including phenoxy) is 1. The largest absolute Gasteiger partial charge is 0.496 e. The summed E-state index contributed by atoms with van der Waals surface area (Å²) in [7, 11) is 1.50. The summed E-state index contributed by atoms with van der Waals surface area (Å²) < 4.78 is 6.06. The van der Waals surface area contributed by atoms with Crippen LogP contribution in [0.4, 0.5) is 5.00 Å². The molecule has 1 heterocycles. The highest BCUT2D eigenvalue weighted by molar-refractivity contribution is 7.22. The lowest BCUT2D eigenvalue weighted by Gasteiger charge is -2.13. The van der Waals surface area contributed by atoms with E-state index in [9.17, 15) is 9.59 Å². The molecule has 0 spiro atoms. The second-order valence-electron chi connectivity index (χ2n) is 6.41. The molecule has 7 heteroatoms. The van der Waals surface area contributed by atoms with Gasteiger partial charge in [0, 0.05) is 10.1 Å². The predicted molar refractivity (Wildman–Crippen MR) is 124 cm³/mol. The Kier molecular flexibility index (Phi) is 5.77. The number of nitrogens with one attached hydrogen (secondary N) is 1. The Bertz CT molecular complexity index is 1330. The number of amides is 1. The van der Waals surface area contributed by atoms with Gasteiger partial charge in [0.1, 0.15) is 10.8 Å². The molecule has 0 atom stereocenters. The van der Waals surface area contributed by atoms with E-state index in [2.05, 4.69) is 5.32 Å². The molecule has 4 nitrogen and oxygen atoms in total. The fourth-order valence-electron chi connectivity index (χ4n) is 3.15. The zero-order valence-corrected chi connectivity index (χ0v) is 18.1. The van der Waals surface area contributed by atoms with Crippen molar-refractivity contribution in [2.24, 2.45) is 0 Å². The van der Waals surface area contributed by atoms with Gasteiger partial charge in [0.2, 0.25) is 0 Å². The fourth-order valence-corrected chi connectivity index (χ4v) is 4.54. The van der Waals surface area contributed by atoms with Gasteiger partial charge in [0.25, 0.3) is 5.91 Å². The summed E-state index contributed by atoms with van der Waals surface area (Å²) in [5.74, 6) is 0.0684. The number of hydrogen-bond acceptors (Lipinski definition) is 4. The molecule has 0 radical (unpaired) electrons. The zero-order valence-electron chi connectivity index (χ0n) is 15.7. The number of carbonyl (C=O) groups is 1. The third-order valence-electron chi connectivity index (χ3n) is 4.58. The molecule has 0 aliphatic heterocycles. The van der Waals surface area contributed by atoms with Gasteiger partial charge in [-0.15, -0.1) is 11.3 Å². The van der Waals surface area contributed by atoms with Gasteiger partial charge >= 0.3 is 0 Å². The summed E-state index contributed by atoms with van der Waals surface area (Å²) in [5.41, 5.74) is 1.11. The maximum absolute atomic E-state index is 13.3. The first-order valence-corrected chi connectivity index (χ1v) is 10.5. The van der Waals surface area contributed by atoms with Gasteiger partial charge in [-0.3, -0.25) is 9.59 Å². The molecule has 0 aliphatic carbocycles. The van der Waals surface area contributed by atoms with E-state index in [1.165, 1.54) is 18.4 Å². The minimum absolute atomic E-state index is 0.196. The lowest BCUT2D eigenvalue weighted by molar-refractivity contribution is 0.102. The highest BCUT2D eigenvalue weighted by Gasteiger charge is 2.19. The van der Waals surface area contributed by atoms with Gasteiger partial charge < -0.3 is 10.1 Å². The van der Waals surface area contributed by atoms with Gasteiger partial charge in [-0.2, -0.15) is 0 Å². The molecule has 1 amide bonds. The minimum atomic E-state index is -0.375. The van der Waals surface area contributed by atoms with E-state index < -0.39 is 0 Å². The topological polar surface area (TPSA) is 55.4 Å². The number of halogens is 2. The van der Waals surface area contributed by atoms with Crippen LogP contribution in [0.1, 0.15) is 10.4 Å². The van der Waals surface area contributed by atoms with Crippen LogP contribution in [0.15, 0.2) is 71.5 Å². The average molecular weight is 456 g/mol. The molecule has 0 fully saturated rings. The Balaban J connectivity index is 1.91. The van der Waals surface area contributed by atoms with Crippen molar-refractivity contribution in [1.29, 1.82) is 0 Å². The van der Waals surface area contributed by atoms with Crippen molar-refractivity contribution < 1.29 is 9.53 Å². The molecule has 3 aromatic carbocycles. The van der Waals surface area contributed by atoms with Gasteiger partial charge in [0.15, 0.2) is 5.43 Å². The summed E-state index contributed by atoms with van der Waals surface area (Å²) in [4.78, 5) is 26.4. The molecule has 0 bridgehead atoms. The van der Waals surface area contributed by atoms with Crippen molar-refractivity contribution in [3.63, 3.8) is 0 Å². The number of rotatable bonds is 4. The van der Waals surface area contributed by atoms with Gasteiger partial charge in [0.05, 0.1) is 28.3 Å². The van der Waals surface area contributed by atoms with Crippen LogP contribution in [0.3, 0.4) is 0 Å². The van der Waals surface area contributed by atoms with Crippen LogP contribution in [0.2, 0.25) is 10.0 Å².